The van der Waals surface area contributed by atoms with Gasteiger partial charge >= 0.3 is 0 Å². The van der Waals surface area contributed by atoms with Gasteiger partial charge in [0.15, 0.2) is 0 Å². The largest absolute Gasteiger partial charge is 0.0826 e. The third-order valence-electron chi connectivity index (χ3n) is 3.64. The average Bonchev–Trinajstić information content (AvgIpc) is 2.45. The molecule has 0 aromatic rings. The van der Waals surface area contributed by atoms with Gasteiger partial charge in [-0.1, -0.05) is 35.4 Å². The van der Waals surface area contributed by atoms with Crippen molar-refractivity contribution in [2.45, 2.75) is 55.3 Å². The standard InChI is InChI=1S/C10H17I/c11-9-3-7-10(8-4-9)5-1-2-6-10/h9H,1-8H2. The summed E-state index contributed by atoms with van der Waals surface area (Å²) in [5.74, 6) is 0. The summed E-state index contributed by atoms with van der Waals surface area (Å²) in [7, 11) is 0. The van der Waals surface area contributed by atoms with E-state index in [9.17, 15) is 0 Å². The zero-order chi connectivity index (χ0) is 7.73. The molecular formula is C10H17I. The third kappa shape index (κ3) is 1.73. The maximum Gasteiger partial charge on any atom is 0.0110 e. The Morgan fingerprint density at radius 2 is 1.45 bits per heavy atom. The van der Waals surface area contributed by atoms with Crippen LogP contribution in [-0.2, 0) is 0 Å². The molecule has 0 unspecified atom stereocenters. The maximum atomic E-state index is 2.63. The van der Waals surface area contributed by atoms with Crippen molar-refractivity contribution in [3.8, 4) is 0 Å². The highest BCUT2D eigenvalue weighted by molar-refractivity contribution is 14.1. The number of alkyl halides is 1. The molecule has 1 heteroatoms. The van der Waals surface area contributed by atoms with Crippen molar-refractivity contribution in [3.05, 3.63) is 0 Å². The predicted octanol–water partition coefficient (Wildman–Crippen LogP) is 3.92. The van der Waals surface area contributed by atoms with Gasteiger partial charge in [-0.05, 0) is 43.9 Å². The van der Waals surface area contributed by atoms with E-state index >= 15 is 0 Å². The highest BCUT2D eigenvalue weighted by atomic mass is 127. The van der Waals surface area contributed by atoms with Crippen LogP contribution >= 0.6 is 22.6 Å². The third-order valence-corrected chi connectivity index (χ3v) is 4.89. The normalized spacial score (nSPS) is 31.4. The number of rotatable bonds is 0. The SMILES string of the molecule is IC1CCC2(CCCC2)CC1. The van der Waals surface area contributed by atoms with E-state index in [2.05, 4.69) is 22.6 Å². The smallest absolute Gasteiger partial charge is 0.0110 e. The van der Waals surface area contributed by atoms with Crippen LogP contribution in [0.3, 0.4) is 0 Å². The summed E-state index contributed by atoms with van der Waals surface area (Å²) in [6, 6.07) is 0. The molecule has 0 saturated heterocycles. The van der Waals surface area contributed by atoms with Crippen molar-refractivity contribution in [2.75, 3.05) is 0 Å². The van der Waals surface area contributed by atoms with Gasteiger partial charge in [-0.3, -0.25) is 0 Å². The number of hydrogen-bond donors (Lipinski definition) is 0. The molecule has 0 nitrogen and oxygen atoms in total. The maximum absolute atomic E-state index is 2.63. The zero-order valence-electron chi connectivity index (χ0n) is 7.11. The lowest BCUT2D eigenvalue weighted by Crippen LogP contribution is -2.24. The summed E-state index contributed by atoms with van der Waals surface area (Å²) in [5, 5.41) is 0. The van der Waals surface area contributed by atoms with Crippen molar-refractivity contribution >= 4 is 22.6 Å². The van der Waals surface area contributed by atoms with Gasteiger partial charge in [-0.25, -0.2) is 0 Å². The fourth-order valence-electron chi connectivity index (χ4n) is 2.82. The topological polar surface area (TPSA) is 0 Å². The van der Waals surface area contributed by atoms with Crippen LogP contribution in [0.4, 0.5) is 0 Å². The zero-order valence-corrected chi connectivity index (χ0v) is 9.27. The van der Waals surface area contributed by atoms with Crippen LogP contribution in [-0.4, -0.2) is 3.92 Å². The van der Waals surface area contributed by atoms with Crippen molar-refractivity contribution in [1.29, 1.82) is 0 Å². The van der Waals surface area contributed by atoms with Crippen molar-refractivity contribution in [1.82, 2.24) is 0 Å². The van der Waals surface area contributed by atoms with E-state index in [4.69, 9.17) is 0 Å². The van der Waals surface area contributed by atoms with Gasteiger partial charge in [-0.2, -0.15) is 0 Å². The molecule has 2 aliphatic carbocycles. The Balaban J connectivity index is 1.94. The van der Waals surface area contributed by atoms with E-state index in [0.717, 1.165) is 9.34 Å². The van der Waals surface area contributed by atoms with Crippen LogP contribution < -0.4 is 0 Å². The molecule has 64 valence electrons. The van der Waals surface area contributed by atoms with Crippen molar-refractivity contribution in [2.24, 2.45) is 5.41 Å². The minimum atomic E-state index is 0.849. The molecule has 0 radical (unpaired) electrons. The quantitative estimate of drug-likeness (QED) is 0.459. The molecule has 2 rings (SSSR count). The van der Waals surface area contributed by atoms with Crippen LogP contribution in [0.25, 0.3) is 0 Å². The van der Waals surface area contributed by atoms with Gasteiger partial charge in [0.2, 0.25) is 0 Å². The van der Waals surface area contributed by atoms with Crippen molar-refractivity contribution < 1.29 is 0 Å². The summed E-state index contributed by atoms with van der Waals surface area (Å²) < 4.78 is 0.999. The lowest BCUT2D eigenvalue weighted by Gasteiger charge is -2.35. The molecule has 0 aromatic carbocycles. The lowest BCUT2D eigenvalue weighted by atomic mass is 9.73. The van der Waals surface area contributed by atoms with Gasteiger partial charge in [0, 0.05) is 3.92 Å². The second-order valence-electron chi connectivity index (χ2n) is 4.38. The van der Waals surface area contributed by atoms with Gasteiger partial charge in [0.05, 0.1) is 0 Å². The minimum Gasteiger partial charge on any atom is -0.0826 e. The minimum absolute atomic E-state index is 0.849. The van der Waals surface area contributed by atoms with Crippen LogP contribution in [0.15, 0.2) is 0 Å². The summed E-state index contributed by atoms with van der Waals surface area (Å²) in [4.78, 5) is 0. The van der Waals surface area contributed by atoms with E-state index < -0.39 is 0 Å². The van der Waals surface area contributed by atoms with Gasteiger partial charge < -0.3 is 0 Å². The average molecular weight is 264 g/mol. The van der Waals surface area contributed by atoms with Gasteiger partial charge in [-0.15, -0.1) is 0 Å². The van der Waals surface area contributed by atoms with Crippen LogP contribution in [0.5, 0.6) is 0 Å². The highest BCUT2D eigenvalue weighted by Gasteiger charge is 2.36. The molecular weight excluding hydrogens is 247 g/mol. The first-order valence-electron chi connectivity index (χ1n) is 4.95. The first-order chi connectivity index (χ1) is 5.31. The molecule has 1 spiro atoms. The predicted molar refractivity (Wildman–Crippen MR) is 57.2 cm³/mol. The van der Waals surface area contributed by atoms with E-state index in [-0.39, 0.29) is 0 Å². The van der Waals surface area contributed by atoms with Crippen molar-refractivity contribution in [3.63, 3.8) is 0 Å². The number of halogens is 1. The molecule has 11 heavy (non-hydrogen) atoms. The van der Waals surface area contributed by atoms with Crippen LogP contribution in [0, 0.1) is 5.41 Å². The first-order valence-corrected chi connectivity index (χ1v) is 6.19. The van der Waals surface area contributed by atoms with Crippen LogP contribution in [0.1, 0.15) is 51.4 Å². The molecule has 2 fully saturated rings. The summed E-state index contributed by atoms with van der Waals surface area (Å²) in [5.41, 5.74) is 0.849. The molecule has 0 bridgehead atoms. The van der Waals surface area contributed by atoms with Gasteiger partial charge in [0.25, 0.3) is 0 Å². The molecule has 0 heterocycles. The molecule has 0 aromatic heterocycles. The molecule has 0 aliphatic heterocycles. The number of hydrogen-bond acceptors (Lipinski definition) is 0. The molecule has 2 aliphatic rings. The first kappa shape index (κ1) is 8.33. The molecule has 0 atom stereocenters. The fourth-order valence-corrected chi connectivity index (χ4v) is 3.44. The molecule has 0 amide bonds. The Hall–Kier alpha value is 0.730. The fraction of sp³-hybridized carbons (Fsp3) is 1.00. The van der Waals surface area contributed by atoms with E-state index in [0.29, 0.717) is 0 Å². The monoisotopic (exact) mass is 264 g/mol. The summed E-state index contributed by atoms with van der Waals surface area (Å²) in [6.07, 6.45) is 12.2. The second kappa shape index (κ2) is 3.23. The Labute approximate surface area is 83.3 Å². The molecule has 0 N–H and O–H groups in total. The molecule has 2 saturated carbocycles. The van der Waals surface area contributed by atoms with Crippen LogP contribution in [0.2, 0.25) is 0 Å². The summed E-state index contributed by atoms with van der Waals surface area (Å²) in [6.45, 7) is 0. The van der Waals surface area contributed by atoms with Gasteiger partial charge in [0.1, 0.15) is 0 Å². The Bertz CT molecular complexity index is 126. The van der Waals surface area contributed by atoms with E-state index in [1.165, 1.54) is 25.7 Å². The van der Waals surface area contributed by atoms with E-state index in [1.54, 1.807) is 25.7 Å². The Morgan fingerprint density at radius 1 is 0.909 bits per heavy atom. The lowest BCUT2D eigenvalue weighted by molar-refractivity contribution is 0.204. The summed E-state index contributed by atoms with van der Waals surface area (Å²) >= 11 is 2.63. The second-order valence-corrected chi connectivity index (χ2v) is 6.14. The highest BCUT2D eigenvalue weighted by Crippen LogP contribution is 2.49. The Kier molecular flexibility index (Phi) is 2.45. The Morgan fingerprint density at radius 3 is 2.00 bits per heavy atom. The van der Waals surface area contributed by atoms with E-state index in [1.807, 2.05) is 0 Å².